The van der Waals surface area contributed by atoms with E-state index in [0.717, 1.165) is 5.56 Å². The van der Waals surface area contributed by atoms with Gasteiger partial charge in [0, 0.05) is 10.0 Å². The van der Waals surface area contributed by atoms with Crippen molar-refractivity contribution in [2.45, 2.75) is 25.2 Å². The minimum Gasteiger partial charge on any atom is -0.481 e. The predicted octanol–water partition coefficient (Wildman–Crippen LogP) is 3.01. The fourth-order valence-corrected chi connectivity index (χ4v) is 2.49. The quantitative estimate of drug-likeness (QED) is 0.899. The van der Waals surface area contributed by atoms with Crippen molar-refractivity contribution in [1.82, 2.24) is 0 Å². The lowest BCUT2D eigenvalue weighted by molar-refractivity contribution is -0.140. The maximum atomic E-state index is 13.6. The molecule has 0 aromatic heterocycles. The molecule has 4 heteroatoms. The molecular weight excluding hydrogens is 263 g/mol. The molecule has 1 N–H and O–H groups in total. The molecule has 1 aliphatic rings. The van der Waals surface area contributed by atoms with Gasteiger partial charge in [-0.25, -0.2) is 4.39 Å². The van der Waals surface area contributed by atoms with Gasteiger partial charge in [0.05, 0.1) is 5.41 Å². The lowest BCUT2D eigenvalue weighted by Crippen LogP contribution is -2.22. The van der Waals surface area contributed by atoms with Gasteiger partial charge in [0.25, 0.3) is 0 Å². The van der Waals surface area contributed by atoms with Crippen LogP contribution >= 0.6 is 15.9 Å². The molecule has 0 spiro atoms. The van der Waals surface area contributed by atoms with Crippen LogP contribution in [-0.4, -0.2) is 11.1 Å². The van der Waals surface area contributed by atoms with Crippen LogP contribution < -0.4 is 0 Å². The fraction of sp³-hybridized carbons (Fsp3) is 0.364. The molecule has 1 aromatic carbocycles. The van der Waals surface area contributed by atoms with Crippen molar-refractivity contribution in [1.29, 1.82) is 0 Å². The fourth-order valence-electron chi connectivity index (χ4n) is 1.79. The maximum Gasteiger partial charge on any atom is 0.314 e. The SMILES string of the molecule is Cc1ccc(F)c(C2(C(=O)O)CC2)c1Br. The molecule has 0 bridgehead atoms. The Morgan fingerprint density at radius 1 is 1.53 bits per heavy atom. The van der Waals surface area contributed by atoms with Gasteiger partial charge in [-0.3, -0.25) is 4.79 Å². The Hall–Kier alpha value is -0.900. The van der Waals surface area contributed by atoms with E-state index in [1.54, 1.807) is 6.07 Å². The van der Waals surface area contributed by atoms with E-state index in [-0.39, 0.29) is 0 Å². The number of hydrogen-bond donors (Lipinski definition) is 1. The monoisotopic (exact) mass is 272 g/mol. The van der Waals surface area contributed by atoms with E-state index < -0.39 is 17.2 Å². The van der Waals surface area contributed by atoms with Gasteiger partial charge in [-0.1, -0.05) is 22.0 Å². The smallest absolute Gasteiger partial charge is 0.314 e. The largest absolute Gasteiger partial charge is 0.481 e. The normalized spacial score (nSPS) is 17.5. The number of aryl methyl sites for hydroxylation is 1. The summed E-state index contributed by atoms with van der Waals surface area (Å²) in [5.41, 5.74) is 0.170. The first-order valence-corrected chi connectivity index (χ1v) is 5.47. The highest BCUT2D eigenvalue weighted by molar-refractivity contribution is 9.10. The Labute approximate surface area is 95.2 Å². The highest BCUT2D eigenvalue weighted by Crippen LogP contribution is 2.52. The number of carboxylic acid groups (broad SMARTS) is 1. The average molecular weight is 273 g/mol. The van der Waals surface area contributed by atoms with Crippen LogP contribution in [0.3, 0.4) is 0 Å². The molecule has 1 aromatic rings. The zero-order valence-corrected chi connectivity index (χ0v) is 9.77. The standard InChI is InChI=1S/C11H10BrFO2/c1-6-2-3-7(13)8(9(6)12)11(4-5-11)10(14)15/h2-3H,4-5H2,1H3,(H,14,15). The first-order chi connectivity index (χ1) is 6.99. The van der Waals surface area contributed by atoms with E-state index in [0.29, 0.717) is 22.9 Å². The average Bonchev–Trinajstić information content (AvgIpc) is 2.93. The van der Waals surface area contributed by atoms with Crippen molar-refractivity contribution < 1.29 is 14.3 Å². The molecule has 15 heavy (non-hydrogen) atoms. The van der Waals surface area contributed by atoms with Crippen molar-refractivity contribution in [2.24, 2.45) is 0 Å². The Balaban J connectivity index is 2.62. The molecule has 0 aliphatic heterocycles. The first-order valence-electron chi connectivity index (χ1n) is 4.67. The number of benzene rings is 1. The second-order valence-electron chi connectivity index (χ2n) is 3.94. The van der Waals surface area contributed by atoms with Gasteiger partial charge in [0.2, 0.25) is 0 Å². The van der Waals surface area contributed by atoms with Crippen LogP contribution in [0.4, 0.5) is 4.39 Å². The van der Waals surface area contributed by atoms with Gasteiger partial charge in [0.15, 0.2) is 0 Å². The van der Waals surface area contributed by atoms with Crippen molar-refractivity contribution >= 4 is 21.9 Å². The molecule has 0 atom stereocenters. The Kier molecular flexibility index (Phi) is 2.34. The lowest BCUT2D eigenvalue weighted by atomic mass is 9.94. The van der Waals surface area contributed by atoms with Gasteiger partial charge < -0.3 is 5.11 Å². The third-order valence-electron chi connectivity index (χ3n) is 2.92. The number of aliphatic carboxylic acids is 1. The summed E-state index contributed by atoms with van der Waals surface area (Å²) in [6, 6.07) is 2.97. The summed E-state index contributed by atoms with van der Waals surface area (Å²) in [4.78, 5) is 11.1. The maximum absolute atomic E-state index is 13.6. The van der Waals surface area contributed by atoms with Crippen LogP contribution in [0.15, 0.2) is 16.6 Å². The summed E-state index contributed by atoms with van der Waals surface area (Å²) >= 11 is 3.27. The zero-order valence-electron chi connectivity index (χ0n) is 8.18. The van der Waals surface area contributed by atoms with Crippen LogP contribution in [0.2, 0.25) is 0 Å². The second-order valence-corrected chi connectivity index (χ2v) is 4.73. The molecular formula is C11H10BrFO2. The number of carboxylic acids is 1. The summed E-state index contributed by atoms with van der Waals surface area (Å²) in [7, 11) is 0. The summed E-state index contributed by atoms with van der Waals surface area (Å²) in [6.45, 7) is 1.82. The molecule has 0 radical (unpaired) electrons. The van der Waals surface area contributed by atoms with Gasteiger partial charge in [-0.15, -0.1) is 0 Å². The predicted molar refractivity (Wildman–Crippen MR) is 57.4 cm³/mol. The Morgan fingerprint density at radius 3 is 2.60 bits per heavy atom. The van der Waals surface area contributed by atoms with Gasteiger partial charge in [-0.05, 0) is 31.4 Å². The minimum atomic E-state index is -0.991. The summed E-state index contributed by atoms with van der Waals surface area (Å²) < 4.78 is 14.2. The molecule has 0 unspecified atom stereocenters. The molecule has 2 nitrogen and oxygen atoms in total. The molecule has 1 fully saturated rings. The second kappa shape index (κ2) is 3.30. The molecule has 80 valence electrons. The highest BCUT2D eigenvalue weighted by atomic mass is 79.9. The number of carbonyl (C=O) groups is 1. The summed E-state index contributed by atoms with van der Waals surface area (Å²) in [6.07, 6.45) is 1.03. The van der Waals surface area contributed by atoms with Crippen LogP contribution in [-0.2, 0) is 10.2 Å². The highest BCUT2D eigenvalue weighted by Gasteiger charge is 2.54. The van der Waals surface area contributed by atoms with E-state index >= 15 is 0 Å². The third kappa shape index (κ3) is 1.47. The lowest BCUT2D eigenvalue weighted by Gasteiger charge is -2.15. The molecule has 1 saturated carbocycles. The Bertz CT molecular complexity index is 438. The Morgan fingerprint density at radius 2 is 2.13 bits per heavy atom. The summed E-state index contributed by atoms with van der Waals surface area (Å²) in [5, 5.41) is 9.11. The van der Waals surface area contributed by atoms with Crippen LogP contribution in [0, 0.1) is 12.7 Å². The number of halogens is 2. The summed E-state index contributed by atoms with van der Waals surface area (Å²) in [5.74, 6) is -1.37. The van der Waals surface area contributed by atoms with E-state index in [2.05, 4.69) is 15.9 Å². The zero-order chi connectivity index (χ0) is 11.2. The van der Waals surface area contributed by atoms with Gasteiger partial charge >= 0.3 is 5.97 Å². The number of rotatable bonds is 2. The van der Waals surface area contributed by atoms with E-state index in [9.17, 15) is 9.18 Å². The van der Waals surface area contributed by atoms with Crippen molar-refractivity contribution in [2.75, 3.05) is 0 Å². The molecule has 0 heterocycles. The van der Waals surface area contributed by atoms with Crippen LogP contribution in [0.1, 0.15) is 24.0 Å². The van der Waals surface area contributed by atoms with Crippen LogP contribution in [0.5, 0.6) is 0 Å². The van der Waals surface area contributed by atoms with Gasteiger partial charge in [0.1, 0.15) is 5.82 Å². The first kappa shape index (κ1) is 10.6. The van der Waals surface area contributed by atoms with E-state index in [4.69, 9.17) is 5.11 Å². The van der Waals surface area contributed by atoms with Crippen molar-refractivity contribution in [3.8, 4) is 0 Å². The molecule has 0 amide bonds. The van der Waals surface area contributed by atoms with Gasteiger partial charge in [-0.2, -0.15) is 0 Å². The van der Waals surface area contributed by atoms with Crippen LogP contribution in [0.25, 0.3) is 0 Å². The topological polar surface area (TPSA) is 37.3 Å². The van der Waals surface area contributed by atoms with E-state index in [1.807, 2.05) is 6.92 Å². The molecule has 2 rings (SSSR count). The molecule has 0 saturated heterocycles. The van der Waals surface area contributed by atoms with Crippen molar-refractivity contribution in [3.05, 3.63) is 33.5 Å². The van der Waals surface area contributed by atoms with E-state index in [1.165, 1.54) is 6.07 Å². The molecule has 1 aliphatic carbocycles. The third-order valence-corrected chi connectivity index (χ3v) is 3.94. The van der Waals surface area contributed by atoms with Crippen molar-refractivity contribution in [3.63, 3.8) is 0 Å². The minimum absolute atomic E-state index is 0.301. The number of hydrogen-bond acceptors (Lipinski definition) is 1.